The van der Waals surface area contributed by atoms with Gasteiger partial charge in [-0.3, -0.25) is 0 Å². The number of likely N-dealkylation sites (tertiary alicyclic amines) is 1. The van der Waals surface area contributed by atoms with Crippen LogP contribution >= 0.6 is 0 Å². The van der Waals surface area contributed by atoms with Crippen LogP contribution in [0.2, 0.25) is 0 Å². The molecule has 1 nitrogen and oxygen atoms in total. The Balaban J connectivity index is 1.96. The Morgan fingerprint density at radius 1 is 0.548 bits per heavy atom. The molecule has 0 unspecified atom stereocenters. The van der Waals surface area contributed by atoms with Crippen LogP contribution in [0, 0.1) is 5.41 Å². The highest BCUT2D eigenvalue weighted by molar-refractivity contribution is 5.02. The van der Waals surface area contributed by atoms with Crippen molar-refractivity contribution in [2.45, 2.75) is 142 Å². The van der Waals surface area contributed by atoms with E-state index in [9.17, 15) is 0 Å². The summed E-state index contributed by atoms with van der Waals surface area (Å²) < 4.78 is 0. The van der Waals surface area contributed by atoms with Crippen molar-refractivity contribution < 1.29 is 0 Å². The molecule has 31 heavy (non-hydrogen) atoms. The minimum Gasteiger partial charge on any atom is -0.305 e. The third-order valence-corrected chi connectivity index (χ3v) is 7.21. The minimum atomic E-state index is 0.687. The number of nitrogens with zero attached hydrogens (tertiary/aromatic N) is 1. The Labute approximate surface area is 197 Å². The van der Waals surface area contributed by atoms with Crippen LogP contribution in [0.3, 0.4) is 0 Å². The molecular weight excluding hydrogens is 374 g/mol. The highest BCUT2D eigenvalue weighted by Gasteiger charge is 2.39. The Bertz CT molecular complexity index is 430. The van der Waals surface area contributed by atoms with Gasteiger partial charge >= 0.3 is 0 Å². The standard InChI is InChI=1S/C30H57N/c1-4-6-8-10-12-14-15-16-17-18-19-21-23-25-27-30(28-31(3)29-30)26-24-22-20-13-11-9-7-5-2/h10,12,14-15H,4-9,11,13,16-29H2,1-3H3/b12-10+,15-14+. The first-order chi connectivity index (χ1) is 15.2. The molecular formula is C30H57N. The minimum absolute atomic E-state index is 0.687. The number of hydrogen-bond acceptors (Lipinski definition) is 1. The topological polar surface area (TPSA) is 3.24 Å². The number of unbranched alkanes of at least 4 members (excludes halogenated alkanes) is 15. The fourth-order valence-corrected chi connectivity index (χ4v) is 5.31. The van der Waals surface area contributed by atoms with E-state index in [1.807, 2.05) is 0 Å². The first-order valence-electron chi connectivity index (χ1n) is 14.2. The molecule has 0 amide bonds. The van der Waals surface area contributed by atoms with Crippen LogP contribution in [0.1, 0.15) is 142 Å². The summed E-state index contributed by atoms with van der Waals surface area (Å²) >= 11 is 0. The number of hydrogen-bond donors (Lipinski definition) is 0. The van der Waals surface area contributed by atoms with Crippen LogP contribution < -0.4 is 0 Å². The van der Waals surface area contributed by atoms with E-state index in [0.29, 0.717) is 5.41 Å². The average Bonchev–Trinajstić information content (AvgIpc) is 2.74. The maximum Gasteiger partial charge on any atom is 0.00474 e. The second-order valence-electron chi connectivity index (χ2n) is 10.6. The van der Waals surface area contributed by atoms with Crippen molar-refractivity contribution in [1.29, 1.82) is 0 Å². The van der Waals surface area contributed by atoms with Gasteiger partial charge in [0.25, 0.3) is 0 Å². The van der Waals surface area contributed by atoms with Crippen LogP contribution in [0.25, 0.3) is 0 Å². The highest BCUT2D eigenvalue weighted by atomic mass is 15.2. The quantitative estimate of drug-likeness (QED) is 0.122. The van der Waals surface area contributed by atoms with Gasteiger partial charge in [0.2, 0.25) is 0 Å². The molecule has 0 saturated carbocycles. The molecule has 1 fully saturated rings. The second kappa shape index (κ2) is 20.1. The van der Waals surface area contributed by atoms with Crippen molar-refractivity contribution in [2.75, 3.05) is 20.1 Å². The number of allylic oxidation sites excluding steroid dienone is 4. The molecule has 0 spiro atoms. The summed E-state index contributed by atoms with van der Waals surface area (Å²) in [5, 5.41) is 0. The zero-order chi connectivity index (χ0) is 22.5. The van der Waals surface area contributed by atoms with E-state index in [1.54, 1.807) is 0 Å². The van der Waals surface area contributed by atoms with Crippen LogP contribution in [0.5, 0.6) is 0 Å². The molecule has 1 aliphatic rings. The summed E-state index contributed by atoms with van der Waals surface area (Å²) in [6.45, 7) is 7.29. The normalized spacial score (nSPS) is 16.5. The van der Waals surface area contributed by atoms with Gasteiger partial charge in [-0.15, -0.1) is 0 Å². The van der Waals surface area contributed by atoms with E-state index in [1.165, 1.54) is 142 Å². The molecule has 1 heteroatoms. The summed E-state index contributed by atoms with van der Waals surface area (Å²) in [7, 11) is 2.31. The molecule has 0 bridgehead atoms. The van der Waals surface area contributed by atoms with E-state index >= 15 is 0 Å². The van der Waals surface area contributed by atoms with E-state index in [-0.39, 0.29) is 0 Å². The van der Waals surface area contributed by atoms with Gasteiger partial charge in [0.15, 0.2) is 0 Å². The smallest absolute Gasteiger partial charge is 0.00474 e. The zero-order valence-electron chi connectivity index (χ0n) is 21.8. The highest BCUT2D eigenvalue weighted by Crippen LogP contribution is 2.39. The van der Waals surface area contributed by atoms with Crippen molar-refractivity contribution in [3.05, 3.63) is 24.3 Å². The molecule has 0 aromatic heterocycles. The van der Waals surface area contributed by atoms with Gasteiger partial charge in [-0.25, -0.2) is 0 Å². The van der Waals surface area contributed by atoms with Crippen molar-refractivity contribution in [1.82, 2.24) is 4.90 Å². The Morgan fingerprint density at radius 2 is 0.968 bits per heavy atom. The maximum atomic E-state index is 2.54. The SMILES string of the molecule is CCCC/C=C/C=C/CCCCCCCCC1(CCCCCCCCCC)CN(C)C1. The van der Waals surface area contributed by atoms with Gasteiger partial charge in [0.1, 0.15) is 0 Å². The summed E-state index contributed by atoms with van der Waals surface area (Å²) in [6.07, 6.45) is 37.4. The van der Waals surface area contributed by atoms with Crippen molar-refractivity contribution in [2.24, 2.45) is 5.41 Å². The molecule has 1 saturated heterocycles. The lowest BCUT2D eigenvalue weighted by molar-refractivity contribution is 0.00256. The van der Waals surface area contributed by atoms with E-state index < -0.39 is 0 Å². The molecule has 0 aromatic carbocycles. The van der Waals surface area contributed by atoms with E-state index in [4.69, 9.17) is 0 Å². The summed E-state index contributed by atoms with van der Waals surface area (Å²) in [5.41, 5.74) is 0.687. The predicted octanol–water partition coefficient (Wildman–Crippen LogP) is 9.87. The summed E-state index contributed by atoms with van der Waals surface area (Å²) in [4.78, 5) is 2.54. The summed E-state index contributed by atoms with van der Waals surface area (Å²) in [5.74, 6) is 0. The molecule has 182 valence electrons. The Kier molecular flexibility index (Phi) is 18.4. The average molecular weight is 432 g/mol. The Hall–Kier alpha value is -0.560. The third kappa shape index (κ3) is 15.8. The zero-order valence-corrected chi connectivity index (χ0v) is 21.8. The summed E-state index contributed by atoms with van der Waals surface area (Å²) in [6, 6.07) is 0. The molecule has 1 heterocycles. The molecule has 1 rings (SSSR count). The predicted molar refractivity (Wildman–Crippen MR) is 142 cm³/mol. The van der Waals surface area contributed by atoms with Gasteiger partial charge in [-0.1, -0.05) is 134 Å². The lowest BCUT2D eigenvalue weighted by atomic mass is 9.72. The molecule has 0 aliphatic carbocycles. The van der Waals surface area contributed by atoms with Crippen molar-refractivity contribution in [3.8, 4) is 0 Å². The monoisotopic (exact) mass is 431 g/mol. The molecule has 0 radical (unpaired) electrons. The number of rotatable bonds is 22. The second-order valence-corrected chi connectivity index (χ2v) is 10.6. The fraction of sp³-hybridized carbons (Fsp3) is 0.867. The van der Waals surface area contributed by atoms with Gasteiger partial charge in [0, 0.05) is 13.1 Å². The first-order valence-corrected chi connectivity index (χ1v) is 14.2. The molecule has 0 aromatic rings. The van der Waals surface area contributed by atoms with Crippen molar-refractivity contribution in [3.63, 3.8) is 0 Å². The van der Waals surface area contributed by atoms with Gasteiger partial charge in [0.05, 0.1) is 0 Å². The fourth-order valence-electron chi connectivity index (χ4n) is 5.31. The first kappa shape index (κ1) is 28.5. The molecule has 1 aliphatic heterocycles. The third-order valence-electron chi connectivity index (χ3n) is 7.21. The van der Waals surface area contributed by atoms with Gasteiger partial charge < -0.3 is 4.90 Å². The lowest BCUT2D eigenvalue weighted by Gasteiger charge is -2.49. The van der Waals surface area contributed by atoms with Crippen LogP contribution in [0.4, 0.5) is 0 Å². The lowest BCUT2D eigenvalue weighted by Crippen LogP contribution is -2.54. The van der Waals surface area contributed by atoms with Gasteiger partial charge in [-0.2, -0.15) is 0 Å². The van der Waals surface area contributed by atoms with Crippen molar-refractivity contribution >= 4 is 0 Å². The van der Waals surface area contributed by atoms with Crippen LogP contribution in [-0.4, -0.2) is 25.0 Å². The Morgan fingerprint density at radius 3 is 1.45 bits per heavy atom. The van der Waals surface area contributed by atoms with E-state index in [0.717, 1.165) is 0 Å². The molecule has 0 N–H and O–H groups in total. The van der Waals surface area contributed by atoms with E-state index in [2.05, 4.69) is 50.1 Å². The van der Waals surface area contributed by atoms with Crippen LogP contribution in [-0.2, 0) is 0 Å². The molecule has 0 atom stereocenters. The largest absolute Gasteiger partial charge is 0.305 e. The van der Waals surface area contributed by atoms with Gasteiger partial charge in [-0.05, 0) is 44.6 Å². The van der Waals surface area contributed by atoms with Crippen LogP contribution in [0.15, 0.2) is 24.3 Å². The maximum absolute atomic E-state index is 2.54.